The molecular weight excluding hydrogens is 378 g/mol. The third kappa shape index (κ3) is 5.53. The second kappa shape index (κ2) is 10.1. The summed E-state index contributed by atoms with van der Waals surface area (Å²) in [6, 6.07) is 15.5. The van der Waals surface area contributed by atoms with Crippen LogP contribution in [0.3, 0.4) is 0 Å². The molecule has 3 rings (SSSR count). The standard InChI is InChI=1S/C24H31N3O3/c1-4-18-7-5-6-8-22(18)30-17-23(28)27-15-13-20(14-16-27)25-24(29)19-9-11-21(12-10-19)26(2)3/h5-12,20H,4,13-17H2,1-3H3,(H,25,29). The summed E-state index contributed by atoms with van der Waals surface area (Å²) in [6.07, 6.45) is 2.37. The maximum absolute atomic E-state index is 12.5. The normalized spacial score (nSPS) is 14.3. The minimum absolute atomic E-state index is 0.00930. The van der Waals surface area contributed by atoms with Crippen LogP contribution in [-0.2, 0) is 11.2 Å². The van der Waals surface area contributed by atoms with Crippen molar-refractivity contribution in [1.82, 2.24) is 10.2 Å². The van der Waals surface area contributed by atoms with Crippen molar-refractivity contribution in [2.24, 2.45) is 0 Å². The Hall–Kier alpha value is -3.02. The third-order valence-electron chi connectivity index (χ3n) is 5.53. The number of piperidine rings is 1. The van der Waals surface area contributed by atoms with Crippen LogP contribution < -0.4 is 15.0 Å². The first kappa shape index (κ1) is 21.7. The summed E-state index contributed by atoms with van der Waals surface area (Å²) >= 11 is 0. The van der Waals surface area contributed by atoms with Gasteiger partial charge in [0.1, 0.15) is 5.75 Å². The molecule has 0 aliphatic carbocycles. The van der Waals surface area contributed by atoms with E-state index in [1.165, 1.54) is 0 Å². The molecule has 2 amide bonds. The van der Waals surface area contributed by atoms with E-state index in [0.29, 0.717) is 18.7 Å². The molecule has 2 aromatic carbocycles. The summed E-state index contributed by atoms with van der Waals surface area (Å²) in [5.41, 5.74) is 2.81. The lowest BCUT2D eigenvalue weighted by Crippen LogP contribution is -2.47. The van der Waals surface area contributed by atoms with Crippen molar-refractivity contribution in [3.05, 3.63) is 59.7 Å². The zero-order valence-corrected chi connectivity index (χ0v) is 18.1. The van der Waals surface area contributed by atoms with Gasteiger partial charge in [0.05, 0.1) is 0 Å². The predicted molar refractivity (Wildman–Crippen MR) is 119 cm³/mol. The highest BCUT2D eigenvalue weighted by atomic mass is 16.5. The molecule has 0 unspecified atom stereocenters. The first-order valence-corrected chi connectivity index (χ1v) is 10.5. The molecule has 0 spiro atoms. The van der Waals surface area contributed by atoms with Crippen LogP contribution in [0.1, 0.15) is 35.7 Å². The number of benzene rings is 2. The fourth-order valence-corrected chi connectivity index (χ4v) is 3.62. The first-order chi connectivity index (χ1) is 14.5. The number of nitrogens with one attached hydrogen (secondary N) is 1. The van der Waals surface area contributed by atoms with Crippen molar-refractivity contribution < 1.29 is 14.3 Å². The molecule has 1 saturated heterocycles. The van der Waals surface area contributed by atoms with E-state index < -0.39 is 0 Å². The Morgan fingerprint density at radius 2 is 1.73 bits per heavy atom. The number of ether oxygens (including phenoxy) is 1. The number of nitrogens with zero attached hydrogens (tertiary/aromatic N) is 2. The number of likely N-dealkylation sites (tertiary alicyclic amines) is 1. The van der Waals surface area contributed by atoms with Gasteiger partial charge in [0.25, 0.3) is 11.8 Å². The topological polar surface area (TPSA) is 61.9 Å². The van der Waals surface area contributed by atoms with Crippen molar-refractivity contribution in [2.45, 2.75) is 32.2 Å². The SMILES string of the molecule is CCc1ccccc1OCC(=O)N1CCC(NC(=O)c2ccc(N(C)C)cc2)CC1. The van der Waals surface area contributed by atoms with Crippen molar-refractivity contribution in [3.63, 3.8) is 0 Å². The fourth-order valence-electron chi connectivity index (χ4n) is 3.62. The molecular formula is C24H31N3O3. The van der Waals surface area contributed by atoms with Crippen LogP contribution in [0.5, 0.6) is 5.75 Å². The van der Waals surface area contributed by atoms with Crippen LogP contribution in [-0.4, -0.2) is 56.5 Å². The predicted octanol–water partition coefficient (Wildman–Crippen LogP) is 3.11. The summed E-state index contributed by atoms with van der Waals surface area (Å²) in [4.78, 5) is 28.8. The van der Waals surface area contributed by atoms with E-state index in [0.717, 1.165) is 36.3 Å². The highest BCUT2D eigenvalue weighted by Crippen LogP contribution is 2.19. The quantitative estimate of drug-likeness (QED) is 0.763. The number of hydrogen-bond acceptors (Lipinski definition) is 4. The molecule has 1 aliphatic rings. The van der Waals surface area contributed by atoms with E-state index >= 15 is 0 Å². The van der Waals surface area contributed by atoms with Gasteiger partial charge in [-0.25, -0.2) is 0 Å². The smallest absolute Gasteiger partial charge is 0.260 e. The lowest BCUT2D eigenvalue weighted by atomic mass is 10.0. The molecule has 1 N–H and O–H groups in total. The number of hydrogen-bond donors (Lipinski definition) is 1. The van der Waals surface area contributed by atoms with Gasteiger partial charge >= 0.3 is 0 Å². The van der Waals surface area contributed by atoms with Gasteiger partial charge in [-0.2, -0.15) is 0 Å². The highest BCUT2D eigenvalue weighted by molar-refractivity contribution is 5.94. The maximum Gasteiger partial charge on any atom is 0.260 e. The molecule has 1 fully saturated rings. The van der Waals surface area contributed by atoms with Crippen molar-refractivity contribution in [1.29, 1.82) is 0 Å². The molecule has 0 saturated carbocycles. The maximum atomic E-state index is 12.5. The molecule has 0 aromatic heterocycles. The number of aryl methyl sites for hydroxylation is 1. The van der Waals surface area contributed by atoms with E-state index in [-0.39, 0.29) is 24.5 Å². The molecule has 6 nitrogen and oxygen atoms in total. The van der Waals surface area contributed by atoms with Gasteiger partial charge in [0.15, 0.2) is 6.61 Å². The number of anilines is 1. The molecule has 0 radical (unpaired) electrons. The second-order valence-corrected chi connectivity index (χ2v) is 7.82. The largest absolute Gasteiger partial charge is 0.483 e. The van der Waals surface area contributed by atoms with Gasteiger partial charge in [0.2, 0.25) is 0 Å². The van der Waals surface area contributed by atoms with Gasteiger partial charge in [-0.1, -0.05) is 25.1 Å². The Balaban J connectivity index is 1.45. The Bertz CT molecular complexity index is 856. The number of amides is 2. The lowest BCUT2D eigenvalue weighted by molar-refractivity contribution is -0.134. The van der Waals surface area contributed by atoms with Gasteiger partial charge in [-0.05, 0) is 55.2 Å². The van der Waals surface area contributed by atoms with Crippen LogP contribution in [0.25, 0.3) is 0 Å². The van der Waals surface area contributed by atoms with E-state index in [1.807, 2.05) is 72.4 Å². The molecule has 30 heavy (non-hydrogen) atoms. The van der Waals surface area contributed by atoms with Crippen LogP contribution in [0, 0.1) is 0 Å². The van der Waals surface area contributed by atoms with E-state index in [2.05, 4.69) is 12.2 Å². The molecule has 1 aliphatic heterocycles. The average Bonchev–Trinajstić information content (AvgIpc) is 2.78. The first-order valence-electron chi connectivity index (χ1n) is 10.5. The summed E-state index contributed by atoms with van der Waals surface area (Å²) < 4.78 is 5.75. The molecule has 160 valence electrons. The Morgan fingerprint density at radius 3 is 2.37 bits per heavy atom. The van der Waals surface area contributed by atoms with E-state index in [1.54, 1.807) is 0 Å². The minimum Gasteiger partial charge on any atom is -0.483 e. The zero-order chi connectivity index (χ0) is 21.5. The highest BCUT2D eigenvalue weighted by Gasteiger charge is 2.24. The van der Waals surface area contributed by atoms with E-state index in [4.69, 9.17) is 4.74 Å². The Morgan fingerprint density at radius 1 is 1.07 bits per heavy atom. The Labute approximate surface area is 178 Å². The summed E-state index contributed by atoms with van der Waals surface area (Å²) in [7, 11) is 3.94. The van der Waals surface area contributed by atoms with Crippen LogP contribution >= 0.6 is 0 Å². The van der Waals surface area contributed by atoms with Crippen LogP contribution in [0.15, 0.2) is 48.5 Å². The number of carbonyl (C=O) groups excluding carboxylic acids is 2. The fraction of sp³-hybridized carbons (Fsp3) is 0.417. The minimum atomic E-state index is -0.0652. The molecule has 6 heteroatoms. The summed E-state index contributed by atoms with van der Waals surface area (Å²) in [5, 5.41) is 3.09. The van der Waals surface area contributed by atoms with Gasteiger partial charge in [-0.15, -0.1) is 0 Å². The molecule has 0 bridgehead atoms. The Kier molecular flexibility index (Phi) is 7.33. The summed E-state index contributed by atoms with van der Waals surface area (Å²) in [6.45, 7) is 3.37. The van der Waals surface area contributed by atoms with Crippen LogP contribution in [0.4, 0.5) is 5.69 Å². The van der Waals surface area contributed by atoms with Crippen molar-refractivity contribution in [3.8, 4) is 5.75 Å². The molecule has 2 aromatic rings. The number of rotatable bonds is 7. The second-order valence-electron chi connectivity index (χ2n) is 7.82. The number of carbonyl (C=O) groups is 2. The lowest BCUT2D eigenvalue weighted by Gasteiger charge is -2.32. The van der Waals surface area contributed by atoms with Crippen LogP contribution in [0.2, 0.25) is 0 Å². The summed E-state index contributed by atoms with van der Waals surface area (Å²) in [5.74, 6) is 0.699. The van der Waals surface area contributed by atoms with Crippen molar-refractivity contribution in [2.75, 3.05) is 38.7 Å². The van der Waals surface area contributed by atoms with Crippen molar-refractivity contribution >= 4 is 17.5 Å². The molecule has 1 heterocycles. The zero-order valence-electron chi connectivity index (χ0n) is 18.1. The average molecular weight is 410 g/mol. The van der Waals surface area contributed by atoms with E-state index in [9.17, 15) is 9.59 Å². The third-order valence-corrected chi connectivity index (χ3v) is 5.53. The van der Waals surface area contributed by atoms with Gasteiger partial charge in [0, 0.05) is 44.5 Å². The van der Waals surface area contributed by atoms with Gasteiger partial charge < -0.3 is 19.9 Å². The number of para-hydroxylation sites is 1. The molecule has 0 atom stereocenters. The van der Waals surface area contributed by atoms with Gasteiger partial charge in [-0.3, -0.25) is 9.59 Å². The monoisotopic (exact) mass is 409 g/mol.